The van der Waals surface area contributed by atoms with E-state index in [1.807, 2.05) is 0 Å². The average molecular weight is 341 g/mol. The number of β-amino-alcohol motifs (C(OH)–C–C–N with tert-alkyl or cyclic N) is 1. The van der Waals surface area contributed by atoms with Gasteiger partial charge in [0, 0.05) is 32.7 Å². The molecule has 2 fully saturated rings. The van der Waals surface area contributed by atoms with E-state index >= 15 is 0 Å². The highest BCUT2D eigenvalue weighted by Crippen LogP contribution is 2.34. The molecule has 1 aliphatic carbocycles. The van der Waals surface area contributed by atoms with Crippen molar-refractivity contribution in [2.75, 3.05) is 26.7 Å². The van der Waals surface area contributed by atoms with Crippen LogP contribution >= 0.6 is 11.6 Å². The smallest absolute Gasteiger partial charge is 0.255 e. The first kappa shape index (κ1) is 16.7. The van der Waals surface area contributed by atoms with E-state index in [0.717, 1.165) is 6.07 Å². The van der Waals surface area contributed by atoms with Crippen LogP contribution in [0.3, 0.4) is 0 Å². The number of aliphatic hydroxyl groups excluding tert-OH is 1. The van der Waals surface area contributed by atoms with Crippen molar-refractivity contribution in [2.45, 2.75) is 31.4 Å². The van der Waals surface area contributed by atoms with Crippen molar-refractivity contribution in [3.63, 3.8) is 0 Å². The summed E-state index contributed by atoms with van der Waals surface area (Å²) in [6, 6.07) is 4.13. The lowest BCUT2D eigenvalue weighted by atomic mass is 9.78. The zero-order chi connectivity index (χ0) is 16.6. The number of likely N-dealkylation sites (tertiary alicyclic amines) is 1. The predicted octanol–water partition coefficient (Wildman–Crippen LogP) is 2.40. The molecule has 1 amide bonds. The third kappa shape index (κ3) is 3.52. The Kier molecular flexibility index (Phi) is 4.90. The Hall–Kier alpha value is -1.17. The molecule has 1 saturated carbocycles. The highest BCUT2D eigenvalue weighted by atomic mass is 35.5. The fraction of sp³-hybridized carbons (Fsp3) is 0.588. The van der Waals surface area contributed by atoms with E-state index in [1.54, 1.807) is 11.9 Å². The summed E-state index contributed by atoms with van der Waals surface area (Å²) in [6.45, 7) is 1.96. The lowest BCUT2D eigenvalue weighted by Crippen LogP contribution is -2.61. The summed E-state index contributed by atoms with van der Waals surface area (Å²) < 4.78 is 13.1. The van der Waals surface area contributed by atoms with Gasteiger partial charge >= 0.3 is 0 Å². The van der Waals surface area contributed by atoms with Crippen LogP contribution < -0.4 is 0 Å². The molecule has 23 heavy (non-hydrogen) atoms. The molecule has 1 N–H and O–H groups in total. The van der Waals surface area contributed by atoms with Crippen molar-refractivity contribution in [2.24, 2.45) is 5.92 Å². The quantitative estimate of drug-likeness (QED) is 0.895. The zero-order valence-electron chi connectivity index (χ0n) is 13.2. The van der Waals surface area contributed by atoms with Crippen LogP contribution in [0.4, 0.5) is 4.39 Å². The maximum absolute atomic E-state index is 13.1. The second-order valence-corrected chi connectivity index (χ2v) is 7.08. The Balaban J connectivity index is 1.68. The number of aliphatic hydroxyl groups is 1. The van der Waals surface area contributed by atoms with Crippen LogP contribution in [0.5, 0.6) is 0 Å². The van der Waals surface area contributed by atoms with Crippen LogP contribution in [0.2, 0.25) is 5.02 Å². The summed E-state index contributed by atoms with van der Waals surface area (Å²) >= 11 is 6.00. The molecule has 1 aliphatic heterocycles. The number of carbonyl (C=O) groups is 1. The lowest BCUT2D eigenvalue weighted by Gasteiger charge is -2.48. The van der Waals surface area contributed by atoms with E-state index in [9.17, 15) is 14.3 Å². The fourth-order valence-electron chi connectivity index (χ4n) is 3.38. The van der Waals surface area contributed by atoms with E-state index in [0.29, 0.717) is 31.1 Å². The van der Waals surface area contributed by atoms with Crippen molar-refractivity contribution < 1.29 is 14.3 Å². The summed E-state index contributed by atoms with van der Waals surface area (Å²) in [5.74, 6) is -0.0575. The molecule has 126 valence electrons. The minimum Gasteiger partial charge on any atom is -0.390 e. The Morgan fingerprint density at radius 2 is 2.17 bits per heavy atom. The first-order valence-electron chi connectivity index (χ1n) is 8.08. The van der Waals surface area contributed by atoms with E-state index in [4.69, 9.17) is 11.6 Å². The summed E-state index contributed by atoms with van der Waals surface area (Å²) in [5, 5.41) is 9.69. The fourth-order valence-corrected chi connectivity index (χ4v) is 3.63. The Labute approximate surface area is 140 Å². The molecule has 0 spiro atoms. The molecule has 0 bridgehead atoms. The molecule has 1 aromatic rings. The SMILES string of the molecule is CN(CC(C1CCC1)N1CC(O)C1)C(=O)c1ccc(F)cc1Cl. The molecule has 3 rings (SSSR count). The molecule has 2 aliphatic rings. The standard InChI is InChI=1S/C17H22ClFN2O2/c1-20(17(23)14-6-5-12(19)7-15(14)18)10-16(11-3-2-4-11)21-8-13(22)9-21/h5-7,11,13,16,22H,2-4,8-10H2,1H3. The van der Waals surface area contributed by atoms with E-state index in [1.165, 1.54) is 31.4 Å². The third-order valence-corrected chi connectivity index (χ3v) is 5.34. The minimum absolute atomic E-state index is 0.140. The molecule has 1 aromatic carbocycles. The van der Waals surface area contributed by atoms with Crippen molar-refractivity contribution in [1.29, 1.82) is 0 Å². The highest BCUT2D eigenvalue weighted by molar-refractivity contribution is 6.33. The van der Waals surface area contributed by atoms with Gasteiger partial charge in [0.25, 0.3) is 5.91 Å². The van der Waals surface area contributed by atoms with Crippen LogP contribution in [-0.2, 0) is 0 Å². The number of likely N-dealkylation sites (N-methyl/N-ethyl adjacent to an activating group) is 1. The molecule has 6 heteroatoms. The van der Waals surface area contributed by atoms with E-state index < -0.39 is 5.82 Å². The van der Waals surface area contributed by atoms with Crippen LogP contribution in [0.15, 0.2) is 18.2 Å². The maximum Gasteiger partial charge on any atom is 0.255 e. The van der Waals surface area contributed by atoms with Crippen molar-refractivity contribution in [3.05, 3.63) is 34.6 Å². The lowest BCUT2D eigenvalue weighted by molar-refractivity contribution is -0.0555. The molecule has 0 aromatic heterocycles. The van der Waals surface area contributed by atoms with Gasteiger partial charge in [0.05, 0.1) is 16.7 Å². The van der Waals surface area contributed by atoms with Crippen LogP contribution in [-0.4, -0.2) is 59.6 Å². The maximum atomic E-state index is 13.1. The first-order valence-corrected chi connectivity index (χ1v) is 8.46. The largest absolute Gasteiger partial charge is 0.390 e. The molecule has 0 radical (unpaired) electrons. The van der Waals surface area contributed by atoms with Gasteiger partial charge in [-0.15, -0.1) is 0 Å². The number of carbonyl (C=O) groups excluding carboxylic acids is 1. The van der Waals surface area contributed by atoms with Gasteiger partial charge in [0.1, 0.15) is 5.82 Å². The molecular weight excluding hydrogens is 319 g/mol. The highest BCUT2D eigenvalue weighted by Gasteiger charge is 2.38. The van der Waals surface area contributed by atoms with Crippen molar-refractivity contribution in [1.82, 2.24) is 9.80 Å². The number of amides is 1. The first-order chi connectivity index (χ1) is 11.0. The number of halogens is 2. The van der Waals surface area contributed by atoms with E-state index in [-0.39, 0.29) is 23.1 Å². The number of rotatable bonds is 5. The monoisotopic (exact) mass is 340 g/mol. The molecule has 1 saturated heterocycles. The summed E-state index contributed by atoms with van der Waals surface area (Å²) in [6.07, 6.45) is 3.34. The van der Waals surface area contributed by atoms with Crippen molar-refractivity contribution in [3.8, 4) is 0 Å². The van der Waals surface area contributed by atoms with Crippen LogP contribution in [0.25, 0.3) is 0 Å². The second kappa shape index (κ2) is 6.75. The molecule has 1 atom stereocenters. The summed E-state index contributed by atoms with van der Waals surface area (Å²) in [5.41, 5.74) is 0.326. The third-order valence-electron chi connectivity index (χ3n) is 5.02. The number of nitrogens with zero attached hydrogens (tertiary/aromatic N) is 2. The van der Waals surface area contributed by atoms with Crippen LogP contribution in [0.1, 0.15) is 29.6 Å². The second-order valence-electron chi connectivity index (χ2n) is 6.68. The zero-order valence-corrected chi connectivity index (χ0v) is 14.0. The van der Waals surface area contributed by atoms with Gasteiger partial charge in [-0.2, -0.15) is 0 Å². The average Bonchev–Trinajstić information content (AvgIpc) is 2.40. The number of benzene rings is 1. The van der Waals surface area contributed by atoms with Gasteiger partial charge in [-0.05, 0) is 37.0 Å². The van der Waals surface area contributed by atoms with Crippen molar-refractivity contribution >= 4 is 17.5 Å². The van der Waals surface area contributed by atoms with Gasteiger partial charge in [0.15, 0.2) is 0 Å². The van der Waals surface area contributed by atoms with Gasteiger partial charge in [-0.1, -0.05) is 18.0 Å². The molecule has 1 heterocycles. The summed E-state index contributed by atoms with van der Waals surface area (Å²) in [7, 11) is 1.75. The number of hydrogen-bond donors (Lipinski definition) is 1. The summed E-state index contributed by atoms with van der Waals surface area (Å²) in [4.78, 5) is 16.5. The Morgan fingerprint density at radius 3 is 2.70 bits per heavy atom. The Morgan fingerprint density at radius 1 is 1.48 bits per heavy atom. The minimum atomic E-state index is -0.448. The molecular formula is C17H22ClFN2O2. The van der Waals surface area contributed by atoms with Gasteiger partial charge < -0.3 is 10.0 Å². The topological polar surface area (TPSA) is 43.8 Å². The van der Waals surface area contributed by atoms with Gasteiger partial charge in [-0.25, -0.2) is 4.39 Å². The van der Waals surface area contributed by atoms with Crippen LogP contribution in [0, 0.1) is 11.7 Å². The molecule has 4 nitrogen and oxygen atoms in total. The predicted molar refractivity (Wildman–Crippen MR) is 87.1 cm³/mol. The van der Waals surface area contributed by atoms with Gasteiger partial charge in [-0.3, -0.25) is 9.69 Å². The van der Waals surface area contributed by atoms with Gasteiger partial charge in [0.2, 0.25) is 0 Å². The normalized spacial score (nSPS) is 20.7. The number of hydrogen-bond acceptors (Lipinski definition) is 3. The Bertz CT molecular complexity index is 588. The van der Waals surface area contributed by atoms with E-state index in [2.05, 4.69) is 4.90 Å². The molecule has 1 unspecified atom stereocenters.